The van der Waals surface area contributed by atoms with Crippen molar-refractivity contribution in [3.63, 3.8) is 0 Å². The average Bonchev–Trinajstić information content (AvgIpc) is 3.23. The van der Waals surface area contributed by atoms with Gasteiger partial charge in [0.05, 0.1) is 26.6 Å². The van der Waals surface area contributed by atoms with Gasteiger partial charge in [-0.2, -0.15) is 0 Å². The molecule has 7 heteroatoms. The van der Waals surface area contributed by atoms with Gasteiger partial charge in [0.1, 0.15) is 5.82 Å². The van der Waals surface area contributed by atoms with Gasteiger partial charge in [0.15, 0.2) is 0 Å². The van der Waals surface area contributed by atoms with Crippen LogP contribution in [0.3, 0.4) is 0 Å². The summed E-state index contributed by atoms with van der Waals surface area (Å²) in [4.78, 5) is 18.4. The van der Waals surface area contributed by atoms with Gasteiger partial charge in [0.2, 0.25) is 0 Å². The highest BCUT2D eigenvalue weighted by molar-refractivity contribution is 9.10. The Morgan fingerprint density at radius 1 is 1.25 bits per heavy atom. The number of halogens is 1. The molecule has 1 N–H and O–H groups in total. The number of nitrogens with one attached hydrogen (secondary N) is 1. The normalized spacial score (nSPS) is 20.6. The first-order chi connectivity index (χ1) is 13.1. The van der Waals surface area contributed by atoms with Crippen molar-refractivity contribution in [1.82, 2.24) is 14.3 Å². The summed E-state index contributed by atoms with van der Waals surface area (Å²) in [5.41, 5.74) is 1.79. The van der Waals surface area contributed by atoms with E-state index in [-0.39, 0.29) is 21.8 Å². The lowest BCUT2D eigenvalue weighted by atomic mass is 9.84. The summed E-state index contributed by atoms with van der Waals surface area (Å²) in [7, 11) is -1.21. The minimum Gasteiger partial charge on any atom is -0.296 e. The Balaban J connectivity index is 1.87. The molecule has 1 aromatic heterocycles. The van der Waals surface area contributed by atoms with Gasteiger partial charge >= 0.3 is 0 Å². The zero-order valence-corrected chi connectivity index (χ0v) is 19.4. The fraction of sp³-hybridized carbons (Fsp3) is 0.619. The number of nitrogens with zero attached hydrogens (tertiary/aromatic N) is 2. The molecule has 1 fully saturated rings. The molecule has 2 aliphatic rings. The van der Waals surface area contributed by atoms with Crippen molar-refractivity contribution in [3.8, 4) is 0 Å². The third-order valence-corrected chi connectivity index (χ3v) is 8.35. The van der Waals surface area contributed by atoms with Gasteiger partial charge in [0, 0.05) is 22.5 Å². The molecule has 1 aliphatic heterocycles. The van der Waals surface area contributed by atoms with E-state index in [1.54, 1.807) is 0 Å². The molecule has 0 radical (unpaired) electrons. The van der Waals surface area contributed by atoms with Crippen LogP contribution in [-0.4, -0.2) is 18.5 Å². The van der Waals surface area contributed by atoms with Gasteiger partial charge < -0.3 is 0 Å². The lowest BCUT2D eigenvalue weighted by molar-refractivity contribution is 0.429. The van der Waals surface area contributed by atoms with Crippen LogP contribution < -0.4 is 10.3 Å². The molecule has 2 atom stereocenters. The quantitative estimate of drug-likeness (QED) is 0.725. The summed E-state index contributed by atoms with van der Waals surface area (Å²) in [6.07, 6.45) is 5.69. The summed E-state index contributed by atoms with van der Waals surface area (Å²) < 4.78 is 18.2. The second-order valence-electron chi connectivity index (χ2n) is 9.24. The Bertz CT molecular complexity index is 1020. The van der Waals surface area contributed by atoms with E-state index in [1.165, 1.54) is 12.8 Å². The standard InChI is InChI=1S/C21H28BrN3O2S/c1-13(24-28(27)20(2,3)4)15-11-14(22)12-16-17(15)23-19-21(7-5-6-8-21)9-10-25(19)18(16)26/h11-13,24H,5-10H2,1-4H3/t13-,28-/m1/s1. The third kappa shape index (κ3) is 3.29. The topological polar surface area (TPSA) is 64.0 Å². The van der Waals surface area contributed by atoms with Crippen LogP contribution in [0.25, 0.3) is 10.9 Å². The fourth-order valence-corrected chi connectivity index (χ4v) is 5.90. The van der Waals surface area contributed by atoms with E-state index in [1.807, 2.05) is 44.4 Å². The smallest absolute Gasteiger partial charge is 0.261 e. The maximum absolute atomic E-state index is 13.3. The first-order valence-corrected chi connectivity index (χ1v) is 12.0. The van der Waals surface area contributed by atoms with Crippen LogP contribution in [0.15, 0.2) is 21.4 Å². The van der Waals surface area contributed by atoms with Gasteiger partial charge in [-0.05, 0) is 64.7 Å². The number of rotatable bonds is 3. The Kier molecular flexibility index (Phi) is 5.08. The minimum atomic E-state index is -1.21. The molecule has 1 saturated carbocycles. The maximum Gasteiger partial charge on any atom is 0.261 e. The summed E-state index contributed by atoms with van der Waals surface area (Å²) in [6.45, 7) is 8.60. The van der Waals surface area contributed by atoms with Crippen molar-refractivity contribution in [2.45, 2.75) is 82.5 Å². The summed E-state index contributed by atoms with van der Waals surface area (Å²) >= 11 is 3.55. The number of aromatic nitrogens is 2. The lowest BCUT2D eigenvalue weighted by Crippen LogP contribution is -2.35. The van der Waals surface area contributed by atoms with Crippen molar-refractivity contribution in [3.05, 3.63) is 38.3 Å². The molecule has 0 saturated heterocycles. The highest BCUT2D eigenvalue weighted by Gasteiger charge is 2.43. The van der Waals surface area contributed by atoms with E-state index in [2.05, 4.69) is 20.7 Å². The molecule has 4 rings (SSSR count). The molecule has 0 amide bonds. The second kappa shape index (κ2) is 7.03. The highest BCUT2D eigenvalue weighted by atomic mass is 79.9. The zero-order chi connectivity index (χ0) is 20.3. The number of hydrogen-bond donors (Lipinski definition) is 1. The molecule has 0 unspecified atom stereocenters. The fourth-order valence-electron chi connectivity index (χ4n) is 4.62. The van der Waals surface area contributed by atoms with Gasteiger partial charge in [-0.25, -0.2) is 13.9 Å². The predicted octanol–water partition coefficient (Wildman–Crippen LogP) is 4.49. The molecule has 1 aromatic carbocycles. The molecule has 2 heterocycles. The van der Waals surface area contributed by atoms with Crippen molar-refractivity contribution in [2.75, 3.05) is 0 Å². The van der Waals surface area contributed by atoms with Crippen LogP contribution in [0, 0.1) is 0 Å². The molecular weight excluding hydrogens is 438 g/mol. The SMILES string of the molecule is C[C@@H](N[S@](=O)C(C)(C)C)c1cc(Br)cc2c(=O)n3c(nc12)C1(CCCC1)CC3. The number of hydrogen-bond acceptors (Lipinski definition) is 3. The first-order valence-electron chi connectivity index (χ1n) is 10.0. The van der Waals surface area contributed by atoms with E-state index < -0.39 is 11.0 Å². The first kappa shape index (κ1) is 20.2. The molecule has 28 heavy (non-hydrogen) atoms. The highest BCUT2D eigenvalue weighted by Crippen LogP contribution is 2.46. The van der Waals surface area contributed by atoms with Crippen LogP contribution >= 0.6 is 15.9 Å². The van der Waals surface area contributed by atoms with Crippen molar-refractivity contribution in [2.24, 2.45) is 0 Å². The predicted molar refractivity (Wildman–Crippen MR) is 118 cm³/mol. The second-order valence-corrected chi connectivity index (χ2v) is 12.2. The summed E-state index contributed by atoms with van der Waals surface area (Å²) in [5, 5.41) is 0.637. The summed E-state index contributed by atoms with van der Waals surface area (Å²) in [5.74, 6) is 0.968. The van der Waals surface area contributed by atoms with E-state index in [0.717, 1.165) is 47.2 Å². The Morgan fingerprint density at radius 3 is 2.57 bits per heavy atom. The molecule has 5 nitrogen and oxygen atoms in total. The van der Waals surface area contributed by atoms with Gasteiger partial charge in [-0.15, -0.1) is 0 Å². The maximum atomic E-state index is 13.3. The molecule has 152 valence electrons. The monoisotopic (exact) mass is 465 g/mol. The molecule has 2 aromatic rings. The lowest BCUT2D eigenvalue weighted by Gasteiger charge is -2.24. The number of fused-ring (bicyclic) bond motifs is 3. The van der Waals surface area contributed by atoms with E-state index in [4.69, 9.17) is 4.98 Å². The van der Waals surface area contributed by atoms with Crippen LogP contribution in [0.5, 0.6) is 0 Å². The summed E-state index contributed by atoms with van der Waals surface area (Å²) in [6, 6.07) is 3.68. The van der Waals surface area contributed by atoms with Crippen molar-refractivity contribution >= 4 is 37.8 Å². The van der Waals surface area contributed by atoms with Crippen LogP contribution in [-0.2, 0) is 22.9 Å². The van der Waals surface area contributed by atoms with E-state index in [0.29, 0.717) is 5.39 Å². The van der Waals surface area contributed by atoms with Crippen LogP contribution in [0.4, 0.5) is 0 Å². The Labute approximate surface area is 177 Å². The van der Waals surface area contributed by atoms with Gasteiger partial charge in [-0.1, -0.05) is 28.8 Å². The van der Waals surface area contributed by atoms with Crippen LogP contribution in [0.2, 0.25) is 0 Å². The van der Waals surface area contributed by atoms with Crippen LogP contribution in [0.1, 0.15) is 77.2 Å². The largest absolute Gasteiger partial charge is 0.296 e. The van der Waals surface area contributed by atoms with E-state index in [9.17, 15) is 9.00 Å². The number of benzene rings is 1. The Morgan fingerprint density at radius 2 is 1.93 bits per heavy atom. The third-order valence-electron chi connectivity index (χ3n) is 6.21. The van der Waals surface area contributed by atoms with Crippen molar-refractivity contribution < 1.29 is 4.21 Å². The Hall–Kier alpha value is -1.05. The molecule has 1 aliphatic carbocycles. The van der Waals surface area contributed by atoms with E-state index >= 15 is 0 Å². The molecule has 0 bridgehead atoms. The average molecular weight is 466 g/mol. The zero-order valence-electron chi connectivity index (χ0n) is 17.0. The van der Waals surface area contributed by atoms with Crippen molar-refractivity contribution in [1.29, 1.82) is 0 Å². The minimum absolute atomic E-state index is 0.0514. The molecule has 1 spiro atoms. The van der Waals surface area contributed by atoms with Gasteiger partial charge in [0.25, 0.3) is 5.56 Å². The molecular formula is C21H28BrN3O2S. The van der Waals surface area contributed by atoms with Gasteiger partial charge in [-0.3, -0.25) is 9.36 Å².